The molecular formula is C16H27FN4O4Si. The summed E-state index contributed by atoms with van der Waals surface area (Å²) in [5.41, 5.74) is 4.84. The summed E-state index contributed by atoms with van der Waals surface area (Å²) in [6.07, 6.45) is -2.26. The van der Waals surface area contributed by atoms with Crippen molar-refractivity contribution < 1.29 is 18.4 Å². The fourth-order valence-electron chi connectivity index (χ4n) is 2.30. The highest BCUT2D eigenvalue weighted by molar-refractivity contribution is 6.74. The van der Waals surface area contributed by atoms with Crippen LogP contribution in [0.2, 0.25) is 18.1 Å². The molecule has 1 aliphatic rings. The number of nitrogens with two attached hydrogens (primary N) is 1. The molecule has 0 spiro atoms. The van der Waals surface area contributed by atoms with Crippen molar-refractivity contribution in [2.45, 2.75) is 57.4 Å². The van der Waals surface area contributed by atoms with Gasteiger partial charge in [-0.15, -0.1) is 0 Å². The van der Waals surface area contributed by atoms with Gasteiger partial charge in [0.1, 0.15) is 24.7 Å². The molecule has 1 aromatic rings. The molecule has 1 saturated heterocycles. The zero-order chi connectivity index (χ0) is 19.7. The molecule has 0 aromatic carbocycles. The first-order chi connectivity index (χ1) is 12.0. The third kappa shape index (κ3) is 4.13. The van der Waals surface area contributed by atoms with E-state index in [1.54, 1.807) is 0 Å². The maximum absolute atomic E-state index is 14.9. The molecule has 8 nitrogen and oxygen atoms in total. The van der Waals surface area contributed by atoms with Crippen LogP contribution in [0.1, 0.15) is 27.0 Å². The van der Waals surface area contributed by atoms with Gasteiger partial charge in [0.25, 0.3) is 0 Å². The first-order valence-corrected chi connectivity index (χ1v) is 11.3. The van der Waals surface area contributed by atoms with E-state index in [0.717, 1.165) is 4.57 Å². The summed E-state index contributed by atoms with van der Waals surface area (Å²) >= 11 is 0. The first kappa shape index (κ1) is 20.5. The third-order valence-corrected chi connectivity index (χ3v) is 9.39. The number of ether oxygens (including phenoxy) is 1. The summed E-state index contributed by atoms with van der Waals surface area (Å²) < 4.78 is 27.8. The zero-order valence-electron chi connectivity index (χ0n) is 16.0. The number of hydrogen-bond donors (Lipinski definition) is 1. The Hall–Kier alpha value is -1.78. The van der Waals surface area contributed by atoms with E-state index in [-0.39, 0.29) is 23.2 Å². The molecule has 0 bridgehead atoms. The highest BCUT2D eigenvalue weighted by atomic mass is 28.4. The lowest BCUT2D eigenvalue weighted by Crippen LogP contribution is -2.43. The number of rotatable bonds is 5. The van der Waals surface area contributed by atoms with Gasteiger partial charge in [0.15, 0.2) is 20.7 Å². The lowest BCUT2D eigenvalue weighted by atomic mass is 10.2. The molecule has 1 fully saturated rings. The maximum atomic E-state index is 14.9. The standard InChI is InChI=1S/C16H27FN4O4Si/c1-16(2,3)26(5,6)24-9-10-13(20-23-4)12(17)14(25-10)21-8-7-11(18)19-15(21)22/h7-8,10,12,14H,9H2,1-6H3,(H2,18,19,22)/b20-13+/t10-,12-,14-/m1/s1. The third-order valence-electron chi connectivity index (χ3n) is 4.89. The number of alkyl halides is 1. The minimum atomic E-state index is -2.06. The smallest absolute Gasteiger partial charge is 0.351 e. The minimum Gasteiger partial charge on any atom is -0.414 e. The number of nitrogen functional groups attached to an aromatic ring is 1. The van der Waals surface area contributed by atoms with Crippen LogP contribution in [-0.2, 0) is 14.0 Å². The van der Waals surface area contributed by atoms with Gasteiger partial charge in [0.05, 0.1) is 6.61 Å². The Labute approximate surface area is 153 Å². The van der Waals surface area contributed by atoms with Crippen LogP contribution in [0.25, 0.3) is 0 Å². The number of halogens is 1. The van der Waals surface area contributed by atoms with E-state index < -0.39 is 32.5 Å². The second-order valence-electron chi connectivity index (χ2n) is 7.73. The Bertz CT molecular complexity index is 732. The fourth-order valence-corrected chi connectivity index (χ4v) is 3.30. The molecule has 2 N–H and O–H groups in total. The van der Waals surface area contributed by atoms with Crippen molar-refractivity contribution in [2.24, 2.45) is 5.16 Å². The van der Waals surface area contributed by atoms with Crippen LogP contribution in [0.4, 0.5) is 10.2 Å². The van der Waals surface area contributed by atoms with Crippen molar-refractivity contribution in [2.75, 3.05) is 19.5 Å². The Morgan fingerprint density at radius 2 is 2.12 bits per heavy atom. The van der Waals surface area contributed by atoms with E-state index in [1.807, 2.05) is 0 Å². The SMILES string of the molecule is CO/N=C1/[C@@H](F)[C@H](n2ccc(N)nc2=O)O[C@@H]1CO[Si](C)(C)C(C)(C)C. The highest BCUT2D eigenvalue weighted by Gasteiger charge is 2.46. The molecule has 3 atom stereocenters. The Kier molecular flexibility index (Phi) is 5.88. The van der Waals surface area contributed by atoms with Gasteiger partial charge in [-0.05, 0) is 24.2 Å². The molecule has 146 valence electrons. The minimum absolute atomic E-state index is 0.00347. The van der Waals surface area contributed by atoms with E-state index in [0.29, 0.717) is 0 Å². The van der Waals surface area contributed by atoms with Gasteiger partial charge in [-0.1, -0.05) is 25.9 Å². The Morgan fingerprint density at radius 1 is 1.46 bits per heavy atom. The fraction of sp³-hybridized carbons (Fsp3) is 0.688. The van der Waals surface area contributed by atoms with Gasteiger partial charge < -0.3 is 19.7 Å². The molecule has 0 unspecified atom stereocenters. The van der Waals surface area contributed by atoms with E-state index in [4.69, 9.17) is 19.7 Å². The molecule has 0 amide bonds. The monoisotopic (exact) mass is 386 g/mol. The second kappa shape index (κ2) is 7.45. The average molecular weight is 387 g/mol. The lowest BCUT2D eigenvalue weighted by Gasteiger charge is -2.36. The summed E-state index contributed by atoms with van der Waals surface area (Å²) in [6.45, 7) is 10.6. The van der Waals surface area contributed by atoms with Gasteiger partial charge in [-0.3, -0.25) is 4.57 Å². The molecule has 0 saturated carbocycles. The van der Waals surface area contributed by atoms with Crippen LogP contribution < -0.4 is 11.4 Å². The van der Waals surface area contributed by atoms with Gasteiger partial charge in [0, 0.05) is 6.20 Å². The summed E-state index contributed by atoms with van der Waals surface area (Å²) in [5, 5.41) is 3.76. The first-order valence-electron chi connectivity index (χ1n) is 8.37. The van der Waals surface area contributed by atoms with Crippen molar-refractivity contribution in [3.8, 4) is 0 Å². The van der Waals surface area contributed by atoms with Crippen molar-refractivity contribution >= 4 is 19.8 Å². The molecule has 1 aliphatic heterocycles. The summed E-state index contributed by atoms with van der Waals surface area (Å²) in [5.74, 6) is 0.0586. The van der Waals surface area contributed by atoms with Crippen molar-refractivity contribution in [1.82, 2.24) is 9.55 Å². The van der Waals surface area contributed by atoms with E-state index in [2.05, 4.69) is 44.0 Å². The predicted molar refractivity (Wildman–Crippen MR) is 99.3 cm³/mol. The molecule has 26 heavy (non-hydrogen) atoms. The Balaban J connectivity index is 2.24. The van der Waals surface area contributed by atoms with Gasteiger partial charge >= 0.3 is 5.69 Å². The van der Waals surface area contributed by atoms with Gasteiger partial charge in [0.2, 0.25) is 0 Å². The van der Waals surface area contributed by atoms with E-state index >= 15 is 0 Å². The number of nitrogens with zero attached hydrogens (tertiary/aromatic N) is 3. The number of aromatic nitrogens is 2. The van der Waals surface area contributed by atoms with Gasteiger partial charge in [-0.2, -0.15) is 4.98 Å². The maximum Gasteiger partial charge on any atom is 0.351 e. The molecule has 0 radical (unpaired) electrons. The largest absolute Gasteiger partial charge is 0.414 e. The molecule has 0 aliphatic carbocycles. The number of anilines is 1. The molecule has 2 rings (SSSR count). The van der Waals surface area contributed by atoms with Crippen LogP contribution in [0.15, 0.2) is 22.2 Å². The van der Waals surface area contributed by atoms with Crippen molar-refractivity contribution in [3.05, 3.63) is 22.7 Å². The normalized spacial score (nSPS) is 25.7. The topological polar surface area (TPSA) is 101 Å². The highest BCUT2D eigenvalue weighted by Crippen LogP contribution is 2.37. The predicted octanol–water partition coefficient (Wildman–Crippen LogP) is 2.09. The van der Waals surface area contributed by atoms with Crippen molar-refractivity contribution in [3.63, 3.8) is 0 Å². The van der Waals surface area contributed by atoms with Crippen molar-refractivity contribution in [1.29, 1.82) is 0 Å². The molecule has 2 heterocycles. The van der Waals surface area contributed by atoms with E-state index in [1.165, 1.54) is 19.4 Å². The average Bonchev–Trinajstić information content (AvgIpc) is 2.82. The number of oxime groups is 1. The van der Waals surface area contributed by atoms with Crippen LogP contribution in [0, 0.1) is 0 Å². The molecule has 1 aromatic heterocycles. The van der Waals surface area contributed by atoms with E-state index in [9.17, 15) is 9.18 Å². The zero-order valence-corrected chi connectivity index (χ0v) is 17.0. The molecule has 10 heteroatoms. The second-order valence-corrected chi connectivity index (χ2v) is 12.5. The van der Waals surface area contributed by atoms with Gasteiger partial charge in [-0.25, -0.2) is 9.18 Å². The summed E-state index contributed by atoms with van der Waals surface area (Å²) in [6, 6.07) is 1.41. The van der Waals surface area contributed by atoms with Crippen LogP contribution in [0.3, 0.4) is 0 Å². The lowest BCUT2D eigenvalue weighted by molar-refractivity contribution is -0.0346. The van der Waals surface area contributed by atoms with Crippen LogP contribution >= 0.6 is 0 Å². The quantitative estimate of drug-likeness (QED) is 0.614. The van der Waals surface area contributed by atoms with Crippen LogP contribution in [-0.4, -0.2) is 49.6 Å². The molecular weight excluding hydrogens is 359 g/mol. The summed E-state index contributed by atoms with van der Waals surface area (Å²) in [7, 11) is -0.733. The number of hydrogen-bond acceptors (Lipinski definition) is 7. The Morgan fingerprint density at radius 3 is 2.65 bits per heavy atom. The summed E-state index contributed by atoms with van der Waals surface area (Å²) in [4.78, 5) is 20.4. The van der Waals surface area contributed by atoms with Crippen LogP contribution in [0.5, 0.6) is 0 Å².